The summed E-state index contributed by atoms with van der Waals surface area (Å²) in [4.78, 5) is 10.9. The van der Waals surface area contributed by atoms with E-state index in [-0.39, 0.29) is 17.6 Å². The number of hydrazine groups is 1. The van der Waals surface area contributed by atoms with Crippen LogP contribution >= 0.6 is 12.2 Å². The van der Waals surface area contributed by atoms with E-state index in [1.807, 2.05) is 18.2 Å². The van der Waals surface area contributed by atoms with Crippen LogP contribution in [0, 0.1) is 4.77 Å². The Kier molecular flexibility index (Phi) is 5.11. The number of nitrogens with zero attached hydrogens (tertiary/aromatic N) is 3. The summed E-state index contributed by atoms with van der Waals surface area (Å²) < 4.78 is 1.96. The topological polar surface area (TPSA) is 107 Å². The van der Waals surface area contributed by atoms with E-state index in [1.165, 1.54) is 17.7 Å². The van der Waals surface area contributed by atoms with Crippen LogP contribution in [0.25, 0.3) is 0 Å². The first-order valence-corrected chi connectivity index (χ1v) is 9.13. The zero-order valence-electron chi connectivity index (χ0n) is 14.7. The van der Waals surface area contributed by atoms with Crippen molar-refractivity contribution in [2.75, 3.05) is 0 Å². The molecule has 2 atom stereocenters. The van der Waals surface area contributed by atoms with Crippen molar-refractivity contribution in [3.63, 3.8) is 0 Å². The number of hydrogen-bond acceptors (Lipinski definition) is 6. The first-order chi connectivity index (χ1) is 13.6. The first kappa shape index (κ1) is 18.2. The van der Waals surface area contributed by atoms with Gasteiger partial charge < -0.3 is 5.11 Å². The first-order valence-electron chi connectivity index (χ1n) is 8.73. The fraction of sp³-hybridized carbons (Fsp3) is 0.158. The monoisotopic (exact) mass is 394 g/mol. The molecule has 8 nitrogen and oxygen atoms in total. The molecule has 9 heteroatoms. The molecule has 1 aromatic heterocycles. The number of aromatic nitrogens is 3. The van der Waals surface area contributed by atoms with Gasteiger partial charge in [0.05, 0.1) is 17.8 Å². The van der Waals surface area contributed by atoms with Crippen LogP contribution in [0.2, 0.25) is 0 Å². The smallest absolute Gasteiger partial charge is 0.335 e. The number of carboxylic acids is 1. The number of benzene rings is 2. The summed E-state index contributed by atoms with van der Waals surface area (Å²) >= 11 is 5.31. The molecule has 2 aromatic carbocycles. The van der Waals surface area contributed by atoms with Gasteiger partial charge in [0.1, 0.15) is 0 Å². The highest BCUT2D eigenvalue weighted by atomic mass is 32.1. The van der Waals surface area contributed by atoms with Crippen molar-refractivity contribution in [1.82, 2.24) is 25.7 Å². The molecule has 1 aliphatic rings. The maximum absolute atomic E-state index is 10.9. The lowest BCUT2D eigenvalue weighted by atomic mass is 10.0. The van der Waals surface area contributed by atoms with Crippen LogP contribution in [0.15, 0.2) is 59.7 Å². The molecule has 0 saturated carbocycles. The summed E-state index contributed by atoms with van der Waals surface area (Å²) in [6.07, 6.45) is 2.42. The number of hydrogen-bond donors (Lipinski definition) is 4. The van der Waals surface area contributed by atoms with Gasteiger partial charge in [-0.1, -0.05) is 42.5 Å². The van der Waals surface area contributed by atoms with Gasteiger partial charge in [0.25, 0.3) is 0 Å². The van der Waals surface area contributed by atoms with Crippen molar-refractivity contribution in [2.24, 2.45) is 5.10 Å². The minimum atomic E-state index is -0.962. The number of rotatable bonds is 5. The van der Waals surface area contributed by atoms with Gasteiger partial charge in [0.2, 0.25) is 4.77 Å². The Labute approximate surface area is 165 Å². The third-order valence-corrected chi connectivity index (χ3v) is 4.84. The Morgan fingerprint density at radius 2 is 1.86 bits per heavy atom. The number of carbonyl (C=O) groups is 1. The minimum absolute atomic E-state index is 0.0651. The number of aromatic amines is 1. The average molecular weight is 394 g/mol. The second kappa shape index (κ2) is 7.85. The second-order valence-corrected chi connectivity index (χ2v) is 6.80. The summed E-state index contributed by atoms with van der Waals surface area (Å²) in [7, 11) is 0. The molecule has 1 aliphatic heterocycles. The van der Waals surface area contributed by atoms with E-state index in [9.17, 15) is 4.79 Å². The number of nitrogens with one attached hydrogen (secondary N) is 3. The van der Waals surface area contributed by atoms with Crippen molar-refractivity contribution in [3.05, 3.63) is 81.9 Å². The van der Waals surface area contributed by atoms with Gasteiger partial charge in [0.15, 0.2) is 5.82 Å². The average Bonchev–Trinajstić information content (AvgIpc) is 3.34. The third-order valence-electron chi connectivity index (χ3n) is 4.57. The van der Waals surface area contributed by atoms with E-state index in [4.69, 9.17) is 17.3 Å². The van der Waals surface area contributed by atoms with Gasteiger partial charge >= 0.3 is 5.97 Å². The maximum atomic E-state index is 10.9. The standard InChI is InChI=1S/C19H18N6O2S/c26-18(27)14-8-6-12(7-9-14)11-20-25-17(23-24-19(25)28)16-10-15(21-22-16)13-4-2-1-3-5-13/h1-9,11,15-16,21-22H,10H2,(H,24,28)(H,26,27)/b20-11+. The SMILES string of the molecule is O=C(O)c1ccc(/C=N/n2c(C3CC(c4ccccc4)NN3)n[nH]c2=S)cc1. The van der Waals surface area contributed by atoms with Crippen LogP contribution in [0.5, 0.6) is 0 Å². The molecule has 0 spiro atoms. The highest BCUT2D eigenvalue weighted by Crippen LogP contribution is 2.29. The lowest BCUT2D eigenvalue weighted by Crippen LogP contribution is -2.27. The van der Waals surface area contributed by atoms with E-state index in [1.54, 1.807) is 23.0 Å². The largest absolute Gasteiger partial charge is 0.478 e. The Balaban J connectivity index is 1.53. The highest BCUT2D eigenvalue weighted by Gasteiger charge is 2.29. The summed E-state index contributed by atoms with van der Waals surface area (Å²) in [6, 6.07) is 16.7. The summed E-state index contributed by atoms with van der Waals surface area (Å²) in [6.45, 7) is 0. The van der Waals surface area contributed by atoms with Gasteiger partial charge in [-0.05, 0) is 41.9 Å². The number of aromatic carboxylic acids is 1. The molecule has 1 saturated heterocycles. The minimum Gasteiger partial charge on any atom is -0.478 e. The quantitative estimate of drug-likeness (QED) is 0.392. The Morgan fingerprint density at radius 1 is 1.14 bits per heavy atom. The molecule has 4 rings (SSSR count). The molecule has 28 heavy (non-hydrogen) atoms. The lowest BCUT2D eigenvalue weighted by Gasteiger charge is -2.09. The lowest BCUT2D eigenvalue weighted by molar-refractivity contribution is 0.0697. The molecule has 0 bridgehead atoms. The van der Waals surface area contributed by atoms with Crippen LogP contribution in [-0.2, 0) is 0 Å². The molecular weight excluding hydrogens is 376 g/mol. The summed E-state index contributed by atoms with van der Waals surface area (Å²) in [5, 5.41) is 20.5. The highest BCUT2D eigenvalue weighted by molar-refractivity contribution is 7.71. The predicted molar refractivity (Wildman–Crippen MR) is 107 cm³/mol. The van der Waals surface area contributed by atoms with Crippen molar-refractivity contribution >= 4 is 24.4 Å². The molecule has 1 fully saturated rings. The fourth-order valence-electron chi connectivity index (χ4n) is 3.11. The van der Waals surface area contributed by atoms with E-state index >= 15 is 0 Å². The molecular formula is C19H18N6O2S. The molecule has 3 aromatic rings. The van der Waals surface area contributed by atoms with Gasteiger partial charge in [-0.15, -0.1) is 0 Å². The zero-order chi connectivity index (χ0) is 19.5. The number of H-pyrrole nitrogens is 1. The van der Waals surface area contributed by atoms with Gasteiger partial charge in [0, 0.05) is 6.04 Å². The Bertz CT molecular complexity index is 1060. The van der Waals surface area contributed by atoms with E-state index in [0.717, 1.165) is 12.0 Å². The summed E-state index contributed by atoms with van der Waals surface area (Å²) in [5.41, 5.74) is 8.73. The molecule has 0 amide bonds. The van der Waals surface area contributed by atoms with Crippen molar-refractivity contribution in [1.29, 1.82) is 0 Å². The third kappa shape index (κ3) is 3.77. The molecule has 142 valence electrons. The van der Waals surface area contributed by atoms with Crippen LogP contribution in [0.4, 0.5) is 0 Å². The normalized spacial score (nSPS) is 19.3. The van der Waals surface area contributed by atoms with Crippen LogP contribution in [-0.4, -0.2) is 32.2 Å². The molecule has 0 aliphatic carbocycles. The number of carboxylic acid groups (broad SMARTS) is 1. The van der Waals surface area contributed by atoms with Gasteiger partial charge in [-0.2, -0.15) is 14.9 Å². The zero-order valence-corrected chi connectivity index (χ0v) is 15.6. The Morgan fingerprint density at radius 3 is 2.57 bits per heavy atom. The molecule has 0 radical (unpaired) electrons. The van der Waals surface area contributed by atoms with Crippen LogP contribution in [0.1, 0.15) is 45.8 Å². The molecule has 2 heterocycles. The van der Waals surface area contributed by atoms with Crippen molar-refractivity contribution in [3.8, 4) is 0 Å². The van der Waals surface area contributed by atoms with Gasteiger partial charge in [-0.25, -0.2) is 15.6 Å². The molecule has 2 unspecified atom stereocenters. The fourth-order valence-corrected chi connectivity index (χ4v) is 3.29. The van der Waals surface area contributed by atoms with E-state index in [2.05, 4.69) is 38.3 Å². The second-order valence-electron chi connectivity index (χ2n) is 6.41. The van der Waals surface area contributed by atoms with Crippen molar-refractivity contribution < 1.29 is 9.90 Å². The van der Waals surface area contributed by atoms with Crippen LogP contribution in [0.3, 0.4) is 0 Å². The predicted octanol–water partition coefficient (Wildman–Crippen LogP) is 2.80. The Hall–Kier alpha value is -3.14. The van der Waals surface area contributed by atoms with Crippen molar-refractivity contribution in [2.45, 2.75) is 18.5 Å². The maximum Gasteiger partial charge on any atom is 0.335 e. The van der Waals surface area contributed by atoms with Crippen LogP contribution < -0.4 is 10.9 Å². The summed E-state index contributed by atoms with van der Waals surface area (Å²) in [5.74, 6) is -0.287. The van der Waals surface area contributed by atoms with Gasteiger partial charge in [-0.3, -0.25) is 5.10 Å². The van der Waals surface area contributed by atoms with E-state index < -0.39 is 5.97 Å². The molecule has 4 N–H and O–H groups in total. The van der Waals surface area contributed by atoms with E-state index in [0.29, 0.717) is 10.6 Å².